The highest BCUT2D eigenvalue weighted by Gasteiger charge is 2.09. The minimum Gasteiger partial charge on any atom is -0.258 e. The molecule has 0 saturated carbocycles. The maximum absolute atomic E-state index is 10.4. The molecular formula is C14H14N2O4S2. The summed E-state index contributed by atoms with van der Waals surface area (Å²) in [4.78, 5) is 21.5. The van der Waals surface area contributed by atoms with Crippen LogP contribution in [-0.4, -0.2) is 22.4 Å². The molecule has 2 rings (SSSR count). The summed E-state index contributed by atoms with van der Waals surface area (Å²) in [7, 11) is 0. The van der Waals surface area contributed by atoms with Crippen LogP contribution in [0.2, 0.25) is 0 Å². The highest BCUT2D eigenvalue weighted by molar-refractivity contribution is 7.98. The molecule has 22 heavy (non-hydrogen) atoms. The topological polar surface area (TPSA) is 86.3 Å². The normalized spacial score (nSPS) is 9.55. The minimum absolute atomic E-state index is 0.150. The number of nitro groups is 2. The van der Waals surface area contributed by atoms with Crippen LogP contribution in [0.1, 0.15) is 0 Å². The van der Waals surface area contributed by atoms with Gasteiger partial charge in [0.15, 0.2) is 0 Å². The first kappa shape index (κ1) is 18.0. The molecule has 0 aromatic heterocycles. The molecule has 2 aromatic rings. The van der Waals surface area contributed by atoms with E-state index in [9.17, 15) is 20.2 Å². The molecule has 0 heterocycles. The van der Waals surface area contributed by atoms with Crippen LogP contribution in [0.3, 0.4) is 0 Å². The Bertz CT molecular complexity index is 665. The van der Waals surface area contributed by atoms with E-state index in [1.807, 2.05) is 18.6 Å². The molecule has 0 radical (unpaired) electrons. The van der Waals surface area contributed by atoms with E-state index in [0.717, 1.165) is 4.90 Å². The largest absolute Gasteiger partial charge is 0.282 e. The molecule has 0 atom stereocenters. The number of thioether (sulfide) groups is 2. The summed E-state index contributed by atoms with van der Waals surface area (Å²) in [6.07, 6.45) is 3.71. The number of benzene rings is 2. The SMILES string of the molecule is CSc1cccc([N+](=O)[O-])c1.CSc1ccccc1[N+](=O)[O-]. The highest BCUT2D eigenvalue weighted by atomic mass is 32.2. The second-order valence-corrected chi connectivity index (χ2v) is 5.62. The lowest BCUT2D eigenvalue weighted by molar-refractivity contribution is -0.387. The summed E-state index contributed by atoms with van der Waals surface area (Å²) in [5.41, 5.74) is 0.330. The molecule has 0 bridgehead atoms. The fraction of sp³-hybridized carbons (Fsp3) is 0.143. The molecule has 0 fully saturated rings. The number of hydrogen-bond acceptors (Lipinski definition) is 6. The molecule has 0 amide bonds. The smallest absolute Gasteiger partial charge is 0.258 e. The van der Waals surface area contributed by atoms with Crippen LogP contribution in [0.5, 0.6) is 0 Å². The maximum atomic E-state index is 10.4. The van der Waals surface area contributed by atoms with Gasteiger partial charge in [-0.05, 0) is 24.6 Å². The molecule has 0 aliphatic rings. The second kappa shape index (κ2) is 9.06. The van der Waals surface area contributed by atoms with Gasteiger partial charge < -0.3 is 0 Å². The predicted octanol–water partition coefficient (Wildman–Crippen LogP) is 4.63. The summed E-state index contributed by atoms with van der Waals surface area (Å²) >= 11 is 2.88. The van der Waals surface area contributed by atoms with Crippen molar-refractivity contribution in [1.29, 1.82) is 0 Å². The van der Waals surface area contributed by atoms with Crippen LogP contribution in [0, 0.1) is 20.2 Å². The van der Waals surface area contributed by atoms with Gasteiger partial charge in [-0.15, -0.1) is 23.5 Å². The third-order valence-electron chi connectivity index (χ3n) is 2.55. The quantitative estimate of drug-likeness (QED) is 0.459. The Morgan fingerprint density at radius 3 is 2.05 bits per heavy atom. The zero-order chi connectivity index (χ0) is 16.5. The van der Waals surface area contributed by atoms with Crippen molar-refractivity contribution in [2.75, 3.05) is 12.5 Å². The molecule has 0 spiro atoms. The Balaban J connectivity index is 0.000000220. The Hall–Kier alpha value is -2.06. The lowest BCUT2D eigenvalue weighted by atomic mass is 10.3. The Kier molecular flexibility index (Phi) is 7.41. The number of non-ortho nitro benzene ring substituents is 1. The second-order valence-electron chi connectivity index (χ2n) is 3.89. The van der Waals surface area contributed by atoms with E-state index in [1.165, 1.54) is 35.7 Å². The fourth-order valence-corrected chi connectivity index (χ4v) is 2.52. The van der Waals surface area contributed by atoms with E-state index in [0.29, 0.717) is 4.90 Å². The van der Waals surface area contributed by atoms with Crippen LogP contribution in [0.4, 0.5) is 11.4 Å². The van der Waals surface area contributed by atoms with Gasteiger partial charge >= 0.3 is 0 Å². The van der Waals surface area contributed by atoms with E-state index >= 15 is 0 Å². The van der Waals surface area contributed by atoms with E-state index in [-0.39, 0.29) is 21.2 Å². The molecule has 0 aliphatic heterocycles. The van der Waals surface area contributed by atoms with Crippen molar-refractivity contribution in [2.24, 2.45) is 0 Å². The standard InChI is InChI=1S/2C7H7NO2S/c1-11-7-4-2-3-6(5-7)8(9)10;1-11-7-5-3-2-4-6(7)8(9)10/h2*2-5H,1H3. The van der Waals surface area contributed by atoms with E-state index in [1.54, 1.807) is 30.3 Å². The van der Waals surface area contributed by atoms with Crippen LogP contribution in [0.15, 0.2) is 58.3 Å². The lowest BCUT2D eigenvalue weighted by Gasteiger charge is -1.95. The molecule has 0 saturated heterocycles. The van der Waals surface area contributed by atoms with Crippen molar-refractivity contribution in [2.45, 2.75) is 9.79 Å². The Morgan fingerprint density at radius 1 is 0.864 bits per heavy atom. The van der Waals surface area contributed by atoms with Gasteiger partial charge in [0, 0.05) is 23.1 Å². The maximum Gasteiger partial charge on any atom is 0.282 e. The van der Waals surface area contributed by atoms with Crippen molar-refractivity contribution in [3.8, 4) is 0 Å². The number of nitrogens with zero attached hydrogens (tertiary/aromatic N) is 2. The van der Waals surface area contributed by atoms with Crippen molar-refractivity contribution >= 4 is 34.9 Å². The van der Waals surface area contributed by atoms with Crippen molar-refractivity contribution < 1.29 is 9.85 Å². The molecule has 8 heteroatoms. The minimum atomic E-state index is -0.389. The van der Waals surface area contributed by atoms with Gasteiger partial charge in [0.1, 0.15) is 0 Å². The average molecular weight is 338 g/mol. The summed E-state index contributed by atoms with van der Waals surface area (Å²) in [5.74, 6) is 0. The lowest BCUT2D eigenvalue weighted by Crippen LogP contribution is -1.88. The molecule has 0 unspecified atom stereocenters. The van der Waals surface area contributed by atoms with Gasteiger partial charge in [0.2, 0.25) is 0 Å². The molecular weight excluding hydrogens is 324 g/mol. The Morgan fingerprint density at radius 2 is 1.55 bits per heavy atom. The van der Waals surface area contributed by atoms with Crippen LogP contribution >= 0.6 is 23.5 Å². The monoisotopic (exact) mass is 338 g/mol. The van der Waals surface area contributed by atoms with Gasteiger partial charge in [-0.2, -0.15) is 0 Å². The number of para-hydroxylation sites is 1. The van der Waals surface area contributed by atoms with Crippen molar-refractivity contribution in [3.05, 3.63) is 68.8 Å². The summed E-state index contributed by atoms with van der Waals surface area (Å²) < 4.78 is 0. The van der Waals surface area contributed by atoms with Crippen LogP contribution in [0.25, 0.3) is 0 Å². The highest BCUT2D eigenvalue weighted by Crippen LogP contribution is 2.26. The van der Waals surface area contributed by atoms with Gasteiger partial charge in [-0.1, -0.05) is 18.2 Å². The summed E-state index contributed by atoms with van der Waals surface area (Å²) in [6.45, 7) is 0. The van der Waals surface area contributed by atoms with Crippen LogP contribution in [-0.2, 0) is 0 Å². The first-order chi connectivity index (χ1) is 10.5. The number of nitro benzene ring substituents is 2. The molecule has 6 nitrogen and oxygen atoms in total. The first-order valence-corrected chi connectivity index (χ1v) is 8.50. The van der Waals surface area contributed by atoms with Gasteiger partial charge in [-0.3, -0.25) is 20.2 Å². The number of rotatable bonds is 4. The van der Waals surface area contributed by atoms with Gasteiger partial charge in [-0.25, -0.2) is 0 Å². The summed E-state index contributed by atoms with van der Waals surface area (Å²) in [5, 5.41) is 20.6. The molecule has 2 aromatic carbocycles. The third-order valence-corrected chi connectivity index (χ3v) is 4.06. The van der Waals surface area contributed by atoms with Gasteiger partial charge in [0.25, 0.3) is 11.4 Å². The zero-order valence-corrected chi connectivity index (χ0v) is 13.6. The molecule has 0 N–H and O–H groups in total. The summed E-state index contributed by atoms with van der Waals surface area (Å²) in [6, 6.07) is 13.3. The van der Waals surface area contributed by atoms with Gasteiger partial charge in [0.05, 0.1) is 14.7 Å². The fourth-order valence-electron chi connectivity index (χ4n) is 1.50. The first-order valence-electron chi connectivity index (χ1n) is 6.05. The zero-order valence-electron chi connectivity index (χ0n) is 12.0. The van der Waals surface area contributed by atoms with Crippen molar-refractivity contribution in [3.63, 3.8) is 0 Å². The molecule has 0 aliphatic carbocycles. The predicted molar refractivity (Wildman–Crippen MR) is 89.8 cm³/mol. The van der Waals surface area contributed by atoms with Crippen LogP contribution < -0.4 is 0 Å². The van der Waals surface area contributed by atoms with E-state index in [2.05, 4.69) is 0 Å². The van der Waals surface area contributed by atoms with E-state index in [4.69, 9.17) is 0 Å². The average Bonchev–Trinajstić information content (AvgIpc) is 2.55. The third kappa shape index (κ3) is 5.38. The van der Waals surface area contributed by atoms with Crippen molar-refractivity contribution in [1.82, 2.24) is 0 Å². The van der Waals surface area contributed by atoms with E-state index < -0.39 is 0 Å². The molecule has 116 valence electrons. The Labute approximate surface area is 136 Å². The number of hydrogen-bond donors (Lipinski definition) is 0.